The molecular weight excluding hydrogens is 128 g/mol. The van der Waals surface area contributed by atoms with Crippen molar-refractivity contribution >= 4 is 0 Å². The van der Waals surface area contributed by atoms with Crippen LogP contribution in [0.3, 0.4) is 0 Å². The monoisotopic (exact) mass is 142 g/mol. The van der Waals surface area contributed by atoms with Gasteiger partial charge in [-0.15, -0.1) is 0 Å². The quantitative estimate of drug-likeness (QED) is 0.571. The lowest BCUT2D eigenvalue weighted by molar-refractivity contribution is 0.0976. The lowest BCUT2D eigenvalue weighted by atomic mass is 10.2. The Morgan fingerprint density at radius 3 is 2.60 bits per heavy atom. The van der Waals surface area contributed by atoms with Gasteiger partial charge in [-0.2, -0.15) is 0 Å². The molecule has 58 valence electrons. The second-order valence-corrected chi connectivity index (χ2v) is 2.03. The van der Waals surface area contributed by atoms with E-state index in [2.05, 4.69) is 0 Å². The lowest BCUT2D eigenvalue weighted by Crippen LogP contribution is -2.09. The maximum Gasteiger partial charge on any atom is 0.0805 e. The van der Waals surface area contributed by atoms with Crippen molar-refractivity contribution in [1.29, 1.82) is 0 Å². The molecule has 0 spiro atoms. The number of hydrogen-bond acceptors (Lipinski definition) is 2. The van der Waals surface area contributed by atoms with Crippen molar-refractivity contribution < 1.29 is 10.2 Å². The van der Waals surface area contributed by atoms with Crippen molar-refractivity contribution in [2.75, 3.05) is 6.61 Å². The summed E-state index contributed by atoms with van der Waals surface area (Å²) in [5.41, 5.74) is 0. The fraction of sp³-hybridized carbons (Fsp3) is 0.500. The predicted molar refractivity (Wildman–Crippen MR) is 41.7 cm³/mol. The molecule has 0 heterocycles. The first kappa shape index (κ1) is 9.40. The molecule has 2 heteroatoms. The summed E-state index contributed by atoms with van der Waals surface area (Å²) in [6.45, 7) is 1.76. The average molecular weight is 142 g/mol. The third kappa shape index (κ3) is 5.54. The highest BCUT2D eigenvalue weighted by atomic mass is 16.3. The second-order valence-electron chi connectivity index (χ2n) is 2.03. The first-order valence-corrected chi connectivity index (χ1v) is 3.38. The Kier molecular flexibility index (Phi) is 6.13. The van der Waals surface area contributed by atoms with Crippen molar-refractivity contribution in [1.82, 2.24) is 0 Å². The van der Waals surface area contributed by atoms with Crippen molar-refractivity contribution in [2.45, 2.75) is 19.4 Å². The molecule has 0 aromatic carbocycles. The van der Waals surface area contributed by atoms with Crippen LogP contribution < -0.4 is 0 Å². The molecule has 0 saturated heterocycles. The summed E-state index contributed by atoms with van der Waals surface area (Å²) >= 11 is 0. The molecular formula is C8H14O2. The van der Waals surface area contributed by atoms with Gasteiger partial charge in [-0.1, -0.05) is 24.3 Å². The van der Waals surface area contributed by atoms with Gasteiger partial charge in [0, 0.05) is 0 Å². The van der Waals surface area contributed by atoms with Gasteiger partial charge in [-0.05, 0) is 13.3 Å². The van der Waals surface area contributed by atoms with Gasteiger partial charge < -0.3 is 10.2 Å². The van der Waals surface area contributed by atoms with Crippen LogP contribution in [0.4, 0.5) is 0 Å². The average Bonchev–Trinajstić information content (AvgIpc) is 1.98. The van der Waals surface area contributed by atoms with Crippen molar-refractivity contribution in [2.24, 2.45) is 0 Å². The maximum atomic E-state index is 8.83. The molecule has 0 rings (SSSR count). The van der Waals surface area contributed by atoms with Crippen LogP contribution in [0.2, 0.25) is 0 Å². The third-order valence-electron chi connectivity index (χ3n) is 1.06. The van der Waals surface area contributed by atoms with E-state index in [0.717, 1.165) is 0 Å². The smallest absolute Gasteiger partial charge is 0.0805 e. The molecule has 0 bridgehead atoms. The summed E-state index contributed by atoms with van der Waals surface area (Å²) in [5, 5.41) is 17.2. The molecule has 0 radical (unpaired) electrons. The Balaban J connectivity index is 3.33. The van der Waals surface area contributed by atoms with Crippen LogP contribution in [0.25, 0.3) is 0 Å². The maximum absolute atomic E-state index is 8.83. The van der Waals surface area contributed by atoms with Gasteiger partial charge in [-0.25, -0.2) is 0 Å². The van der Waals surface area contributed by atoms with Gasteiger partial charge in [0.25, 0.3) is 0 Å². The van der Waals surface area contributed by atoms with Crippen LogP contribution in [0.15, 0.2) is 24.3 Å². The van der Waals surface area contributed by atoms with E-state index in [1.165, 1.54) is 0 Å². The molecule has 0 aliphatic carbocycles. The van der Waals surface area contributed by atoms with Crippen LogP contribution in [-0.2, 0) is 0 Å². The minimum atomic E-state index is -0.610. The highest BCUT2D eigenvalue weighted by Gasteiger charge is 1.95. The molecule has 2 nitrogen and oxygen atoms in total. The molecule has 2 N–H and O–H groups in total. The number of aliphatic hydroxyl groups excluding tert-OH is 2. The molecule has 0 aromatic rings. The van der Waals surface area contributed by atoms with Crippen molar-refractivity contribution in [3.8, 4) is 0 Å². The van der Waals surface area contributed by atoms with Gasteiger partial charge in [0.15, 0.2) is 0 Å². The Labute approximate surface area is 61.5 Å². The summed E-state index contributed by atoms with van der Waals surface area (Å²) in [7, 11) is 0. The molecule has 0 aliphatic heterocycles. The topological polar surface area (TPSA) is 40.5 Å². The van der Waals surface area contributed by atoms with Gasteiger partial charge in [0.1, 0.15) is 0 Å². The molecule has 10 heavy (non-hydrogen) atoms. The fourth-order valence-corrected chi connectivity index (χ4v) is 0.500. The highest BCUT2D eigenvalue weighted by Crippen LogP contribution is 1.91. The summed E-state index contributed by atoms with van der Waals surface area (Å²) in [5.74, 6) is 0. The van der Waals surface area contributed by atoms with Crippen LogP contribution >= 0.6 is 0 Å². The van der Waals surface area contributed by atoms with Crippen molar-refractivity contribution in [3.63, 3.8) is 0 Å². The Hall–Kier alpha value is -0.600. The third-order valence-corrected chi connectivity index (χ3v) is 1.06. The summed E-state index contributed by atoms with van der Waals surface area (Å²) in [6.07, 6.45) is 7.36. The van der Waals surface area contributed by atoms with Gasteiger partial charge in [-0.3, -0.25) is 0 Å². The first-order valence-electron chi connectivity index (χ1n) is 3.38. The normalized spacial score (nSPS) is 15.1. The summed E-state index contributed by atoms with van der Waals surface area (Å²) < 4.78 is 0. The Bertz CT molecular complexity index is 116. The van der Waals surface area contributed by atoms with Crippen molar-refractivity contribution in [3.05, 3.63) is 24.3 Å². The minimum Gasteiger partial charge on any atom is -0.394 e. The Morgan fingerprint density at radius 1 is 1.40 bits per heavy atom. The largest absolute Gasteiger partial charge is 0.394 e. The van der Waals surface area contributed by atoms with Crippen LogP contribution in [0, 0.1) is 0 Å². The zero-order chi connectivity index (χ0) is 7.82. The summed E-state index contributed by atoms with van der Waals surface area (Å²) in [4.78, 5) is 0. The van der Waals surface area contributed by atoms with E-state index in [4.69, 9.17) is 10.2 Å². The number of allylic oxidation sites excluding steroid dienone is 3. The van der Waals surface area contributed by atoms with E-state index in [-0.39, 0.29) is 6.61 Å². The molecule has 0 amide bonds. The minimum absolute atomic E-state index is 0.166. The van der Waals surface area contributed by atoms with Gasteiger partial charge >= 0.3 is 0 Å². The zero-order valence-corrected chi connectivity index (χ0v) is 6.20. The summed E-state index contributed by atoms with van der Waals surface area (Å²) in [6, 6.07) is 0. The lowest BCUT2D eigenvalue weighted by Gasteiger charge is -1.99. The van der Waals surface area contributed by atoms with E-state index in [1.807, 2.05) is 31.2 Å². The first-order chi connectivity index (χ1) is 4.81. The van der Waals surface area contributed by atoms with Crippen LogP contribution in [0.5, 0.6) is 0 Å². The SMILES string of the molecule is C/C=C/C=C/CC(O)CO. The molecule has 1 unspecified atom stereocenters. The second kappa shape index (κ2) is 6.52. The molecule has 1 atom stereocenters. The number of rotatable bonds is 4. The van der Waals surface area contributed by atoms with Crippen LogP contribution in [0.1, 0.15) is 13.3 Å². The predicted octanol–water partition coefficient (Wildman–Crippen LogP) is 0.862. The standard InChI is InChI=1S/C8H14O2/c1-2-3-4-5-6-8(10)7-9/h2-5,8-10H,6-7H2,1H3/b3-2+,5-4+. The Morgan fingerprint density at radius 2 is 2.10 bits per heavy atom. The molecule has 0 aliphatic rings. The van der Waals surface area contributed by atoms with E-state index in [0.29, 0.717) is 6.42 Å². The molecule has 0 aromatic heterocycles. The van der Waals surface area contributed by atoms with E-state index in [1.54, 1.807) is 0 Å². The highest BCUT2D eigenvalue weighted by molar-refractivity contribution is 5.01. The zero-order valence-electron chi connectivity index (χ0n) is 6.20. The van der Waals surface area contributed by atoms with E-state index < -0.39 is 6.10 Å². The van der Waals surface area contributed by atoms with E-state index >= 15 is 0 Å². The molecule has 0 saturated carbocycles. The van der Waals surface area contributed by atoms with E-state index in [9.17, 15) is 0 Å². The number of aliphatic hydroxyl groups is 2. The molecule has 0 fully saturated rings. The van der Waals surface area contributed by atoms with Gasteiger partial charge in [0.2, 0.25) is 0 Å². The van der Waals surface area contributed by atoms with Crippen LogP contribution in [-0.4, -0.2) is 22.9 Å². The van der Waals surface area contributed by atoms with Gasteiger partial charge in [0.05, 0.1) is 12.7 Å². The number of hydrogen-bond donors (Lipinski definition) is 2. The fourth-order valence-electron chi connectivity index (χ4n) is 0.500.